The normalized spacial score (nSPS) is 17.8. The number of carbonyl (C=O) groups is 4. The van der Waals surface area contributed by atoms with Crippen LogP contribution < -0.4 is 16.4 Å². The first-order valence-corrected chi connectivity index (χ1v) is 11.6. The molecule has 11 heteroatoms. The third-order valence-corrected chi connectivity index (χ3v) is 5.51. The fourth-order valence-corrected chi connectivity index (χ4v) is 3.84. The number of hydrogen-bond donors (Lipinski definition) is 3. The molecular formula is C23H32N4O7. The van der Waals surface area contributed by atoms with Gasteiger partial charge < -0.3 is 25.3 Å². The van der Waals surface area contributed by atoms with Gasteiger partial charge in [0.2, 0.25) is 11.8 Å². The highest BCUT2D eigenvalue weighted by Gasteiger charge is 2.45. The average Bonchev–Trinajstić information content (AvgIpc) is 3.08. The molecule has 4 amide bonds. The number of fused-ring (bicyclic) bond motifs is 1. The molecule has 0 bridgehead atoms. The number of nitrogens with zero attached hydrogens (tertiary/aromatic N) is 1. The lowest BCUT2D eigenvalue weighted by Gasteiger charge is -2.27. The highest BCUT2D eigenvalue weighted by atomic mass is 16.5. The fourth-order valence-electron chi connectivity index (χ4n) is 3.84. The molecule has 11 nitrogen and oxygen atoms in total. The zero-order valence-electron chi connectivity index (χ0n) is 19.2. The van der Waals surface area contributed by atoms with Gasteiger partial charge in [0.15, 0.2) is 0 Å². The molecule has 3 rings (SSSR count). The fraction of sp³-hybridized carbons (Fsp3) is 0.565. The van der Waals surface area contributed by atoms with Crippen LogP contribution in [0, 0.1) is 0 Å². The number of benzene rings is 1. The van der Waals surface area contributed by atoms with Gasteiger partial charge in [-0.1, -0.05) is 6.07 Å². The lowest BCUT2D eigenvalue weighted by molar-refractivity contribution is -0.136. The zero-order valence-corrected chi connectivity index (χ0v) is 19.2. The third kappa shape index (κ3) is 6.60. The van der Waals surface area contributed by atoms with Gasteiger partial charge in [-0.15, -0.1) is 0 Å². The smallest absolute Gasteiger partial charge is 0.264 e. The van der Waals surface area contributed by atoms with Gasteiger partial charge in [0.25, 0.3) is 11.8 Å². The largest absolute Gasteiger partial charge is 0.384 e. The number of ether oxygens (including phenoxy) is 3. The Labute approximate surface area is 198 Å². The Morgan fingerprint density at radius 1 is 0.941 bits per heavy atom. The lowest BCUT2D eigenvalue weighted by Crippen LogP contribution is -2.54. The van der Waals surface area contributed by atoms with E-state index in [2.05, 4.69) is 10.6 Å². The minimum Gasteiger partial charge on any atom is -0.384 e. The molecular weight excluding hydrogens is 444 g/mol. The number of anilines is 1. The molecule has 2 aliphatic rings. The monoisotopic (exact) mass is 476 g/mol. The van der Waals surface area contributed by atoms with E-state index in [0.717, 1.165) is 17.7 Å². The van der Waals surface area contributed by atoms with E-state index < -0.39 is 29.7 Å². The molecule has 1 atom stereocenters. The molecule has 2 heterocycles. The maximum absolute atomic E-state index is 13.0. The molecule has 34 heavy (non-hydrogen) atoms. The van der Waals surface area contributed by atoms with Crippen molar-refractivity contribution >= 4 is 29.3 Å². The van der Waals surface area contributed by atoms with E-state index in [0.29, 0.717) is 58.4 Å². The van der Waals surface area contributed by atoms with Crippen molar-refractivity contribution < 1.29 is 33.4 Å². The highest BCUT2D eigenvalue weighted by molar-refractivity contribution is 6.25. The molecule has 4 N–H and O–H groups in total. The van der Waals surface area contributed by atoms with Crippen LogP contribution in [-0.2, 0) is 23.8 Å². The van der Waals surface area contributed by atoms with Gasteiger partial charge in [-0.3, -0.25) is 29.4 Å². The SMILES string of the molecule is NCCOCCOCCOCCCCNc1cccc2c1C(=O)N(C1CCC(=O)NC1=O)C2=O. The van der Waals surface area contributed by atoms with E-state index in [9.17, 15) is 19.2 Å². The highest BCUT2D eigenvalue weighted by Crippen LogP contribution is 2.32. The summed E-state index contributed by atoms with van der Waals surface area (Å²) in [6.07, 6.45) is 1.84. The van der Waals surface area contributed by atoms with Crippen LogP contribution in [0.2, 0.25) is 0 Å². The number of amides is 4. The Bertz CT molecular complexity index is 892. The number of nitrogens with one attached hydrogen (secondary N) is 2. The molecule has 0 aliphatic carbocycles. The Morgan fingerprint density at radius 3 is 2.35 bits per heavy atom. The van der Waals surface area contributed by atoms with Crippen molar-refractivity contribution in [2.75, 3.05) is 58.0 Å². The number of piperidine rings is 1. The number of hydrogen-bond acceptors (Lipinski definition) is 9. The number of imide groups is 2. The van der Waals surface area contributed by atoms with Crippen LogP contribution in [0.4, 0.5) is 5.69 Å². The summed E-state index contributed by atoms with van der Waals surface area (Å²) < 4.78 is 16.1. The van der Waals surface area contributed by atoms with Gasteiger partial charge in [-0.05, 0) is 31.4 Å². The number of nitrogens with two attached hydrogens (primary N) is 1. The molecule has 0 saturated carbocycles. The molecule has 2 aliphatic heterocycles. The summed E-state index contributed by atoms with van der Waals surface area (Å²) in [4.78, 5) is 50.5. The Morgan fingerprint density at radius 2 is 1.65 bits per heavy atom. The van der Waals surface area contributed by atoms with Crippen molar-refractivity contribution in [3.8, 4) is 0 Å². The Balaban J connectivity index is 1.39. The average molecular weight is 477 g/mol. The summed E-state index contributed by atoms with van der Waals surface area (Å²) in [6.45, 7) is 4.24. The van der Waals surface area contributed by atoms with Gasteiger partial charge in [-0.25, -0.2) is 0 Å². The summed E-state index contributed by atoms with van der Waals surface area (Å²) in [5.41, 5.74) is 6.40. The molecule has 1 unspecified atom stereocenters. The van der Waals surface area contributed by atoms with Crippen LogP contribution in [0.15, 0.2) is 18.2 Å². The van der Waals surface area contributed by atoms with Crippen LogP contribution in [0.1, 0.15) is 46.4 Å². The second kappa shape index (κ2) is 13.1. The molecule has 1 saturated heterocycles. The number of rotatable bonds is 15. The van der Waals surface area contributed by atoms with Crippen LogP contribution in [0.5, 0.6) is 0 Å². The molecule has 186 valence electrons. The predicted molar refractivity (Wildman–Crippen MR) is 122 cm³/mol. The summed E-state index contributed by atoms with van der Waals surface area (Å²) in [5, 5.41) is 5.42. The first-order valence-electron chi connectivity index (χ1n) is 11.6. The second-order valence-electron chi connectivity index (χ2n) is 7.94. The maximum atomic E-state index is 13.0. The van der Waals surface area contributed by atoms with E-state index in [-0.39, 0.29) is 24.0 Å². The Hall–Kier alpha value is -2.86. The van der Waals surface area contributed by atoms with Gasteiger partial charge in [0.05, 0.1) is 44.2 Å². The first-order chi connectivity index (χ1) is 16.5. The van der Waals surface area contributed by atoms with E-state index >= 15 is 0 Å². The molecule has 0 radical (unpaired) electrons. The minimum atomic E-state index is -0.974. The van der Waals surface area contributed by atoms with Gasteiger partial charge in [-0.2, -0.15) is 0 Å². The lowest BCUT2D eigenvalue weighted by atomic mass is 10.0. The third-order valence-electron chi connectivity index (χ3n) is 5.51. The second-order valence-corrected chi connectivity index (χ2v) is 7.94. The van der Waals surface area contributed by atoms with Crippen LogP contribution in [-0.4, -0.2) is 87.3 Å². The standard InChI is InChI=1S/C23H32N4O7/c24-8-11-33-13-15-34-14-12-32-10-2-1-9-25-17-5-3-4-16-20(17)23(31)27(22(16)30)18-6-7-19(28)26-21(18)29/h3-5,18,25H,1-2,6-15,24H2,(H,26,28,29). The van der Waals surface area contributed by atoms with Crippen LogP contribution in [0.25, 0.3) is 0 Å². The first kappa shape index (κ1) is 25.8. The van der Waals surface area contributed by atoms with Gasteiger partial charge >= 0.3 is 0 Å². The van der Waals surface area contributed by atoms with Gasteiger partial charge in [0.1, 0.15) is 6.04 Å². The molecule has 1 aromatic rings. The van der Waals surface area contributed by atoms with E-state index in [1.54, 1.807) is 18.2 Å². The van der Waals surface area contributed by atoms with E-state index in [1.165, 1.54) is 0 Å². The molecule has 1 fully saturated rings. The van der Waals surface area contributed by atoms with Crippen molar-refractivity contribution in [1.82, 2.24) is 10.2 Å². The van der Waals surface area contributed by atoms with Crippen LogP contribution in [0.3, 0.4) is 0 Å². The quantitative estimate of drug-likeness (QED) is 0.240. The van der Waals surface area contributed by atoms with Crippen molar-refractivity contribution in [3.05, 3.63) is 29.3 Å². The number of unbranched alkanes of at least 4 members (excludes halogenated alkanes) is 1. The minimum absolute atomic E-state index is 0.0896. The zero-order chi connectivity index (χ0) is 24.3. The van der Waals surface area contributed by atoms with Crippen LogP contribution >= 0.6 is 0 Å². The van der Waals surface area contributed by atoms with E-state index in [4.69, 9.17) is 19.9 Å². The summed E-state index contributed by atoms with van der Waals surface area (Å²) in [5.74, 6) is -2.05. The summed E-state index contributed by atoms with van der Waals surface area (Å²) >= 11 is 0. The summed E-state index contributed by atoms with van der Waals surface area (Å²) in [7, 11) is 0. The van der Waals surface area contributed by atoms with Crippen molar-refractivity contribution in [2.24, 2.45) is 5.73 Å². The molecule has 1 aromatic carbocycles. The van der Waals surface area contributed by atoms with E-state index in [1.807, 2.05) is 0 Å². The topological polar surface area (TPSA) is 149 Å². The summed E-state index contributed by atoms with van der Waals surface area (Å²) in [6, 6.07) is 4.04. The maximum Gasteiger partial charge on any atom is 0.264 e. The number of carbonyl (C=O) groups excluding carboxylic acids is 4. The van der Waals surface area contributed by atoms with Crippen molar-refractivity contribution in [1.29, 1.82) is 0 Å². The predicted octanol–water partition coefficient (Wildman–Crippen LogP) is 0.288. The van der Waals surface area contributed by atoms with Crippen molar-refractivity contribution in [3.63, 3.8) is 0 Å². The molecule has 0 aromatic heterocycles. The van der Waals surface area contributed by atoms with Gasteiger partial charge in [0, 0.05) is 31.8 Å². The Kier molecular flexibility index (Phi) is 9.95. The van der Waals surface area contributed by atoms with Crippen molar-refractivity contribution in [2.45, 2.75) is 31.7 Å². The molecule has 0 spiro atoms.